The van der Waals surface area contributed by atoms with Gasteiger partial charge < -0.3 is 39.9 Å². The molecule has 0 aliphatic carbocycles. The first-order valence-electron chi connectivity index (χ1n) is 23.6. The number of H-pyrrole nitrogens is 1. The van der Waals surface area contributed by atoms with Crippen LogP contribution in [0.15, 0.2) is 40.2 Å². The van der Waals surface area contributed by atoms with Crippen LogP contribution in [0.1, 0.15) is 77.6 Å². The molecule has 4 N–H and O–H groups in total. The van der Waals surface area contributed by atoms with Gasteiger partial charge in [-0.2, -0.15) is 9.97 Å². The summed E-state index contributed by atoms with van der Waals surface area (Å²) in [7, 11) is 0. The van der Waals surface area contributed by atoms with Gasteiger partial charge in [0.2, 0.25) is 5.91 Å². The summed E-state index contributed by atoms with van der Waals surface area (Å²) in [5, 5.41) is 22.2. The molecular formula is C46H62ClN15O6S. The fourth-order valence-corrected chi connectivity index (χ4v) is 9.61. The van der Waals surface area contributed by atoms with E-state index in [1.807, 2.05) is 31.2 Å². The van der Waals surface area contributed by atoms with E-state index < -0.39 is 6.04 Å². The molecule has 21 nitrogen and oxygen atoms in total. The summed E-state index contributed by atoms with van der Waals surface area (Å²) >= 11 is 7.95. The normalized spacial score (nSPS) is 15.3. The Morgan fingerprint density at radius 3 is 2.35 bits per heavy atom. The zero-order chi connectivity index (χ0) is 48.3. The number of imidazole rings is 1. The van der Waals surface area contributed by atoms with Crippen LogP contribution in [0.5, 0.6) is 6.01 Å². The minimum absolute atomic E-state index is 0.0602. The van der Waals surface area contributed by atoms with Gasteiger partial charge in [0, 0.05) is 60.3 Å². The van der Waals surface area contributed by atoms with Crippen LogP contribution < -0.4 is 21.5 Å². The van der Waals surface area contributed by atoms with Crippen LogP contribution in [0, 0.1) is 20.8 Å². The van der Waals surface area contributed by atoms with Crippen molar-refractivity contribution in [3.63, 3.8) is 0 Å². The molecule has 23 heteroatoms. The molecule has 6 aromatic rings. The molecule has 5 aromatic heterocycles. The summed E-state index contributed by atoms with van der Waals surface area (Å²) in [6.45, 7) is 18.6. The number of nitrogen functional groups attached to an aromatic ring is 1. The molecule has 1 unspecified atom stereocenters. The summed E-state index contributed by atoms with van der Waals surface area (Å²) in [5.74, 6) is 1.53. The maximum Gasteiger partial charge on any atom is 0.328 e. The molecule has 69 heavy (non-hydrogen) atoms. The van der Waals surface area contributed by atoms with Crippen molar-refractivity contribution in [2.75, 3.05) is 97.8 Å². The first-order chi connectivity index (χ1) is 33.6. The molecule has 2 aliphatic heterocycles. The standard InChI is InChI=1S/C46H62ClN15O6S/c1-5-6-20-68-45-52-41(48)40-43(53-45)61(46(64)51-40)29-35-28-60(57-55-35)19-22-66-24-26-67-25-23-65-21-18-59-16-14-58(15-17-59)13-7-12-49-37(63)27-36-42-56-54-32(4)62(42)44-38(30(2)31(3)69-44)39(50-36)33-8-10-34(47)11-9-33/h8-11,28,36H,5-7,12-27,29H2,1-4H3,(H,49,63)(H,51,64)(H2,48,52,53). The number of halogens is 1. The summed E-state index contributed by atoms with van der Waals surface area (Å²) in [4.78, 5) is 48.7. The number of amides is 1. The number of piperazine rings is 1. The highest BCUT2D eigenvalue weighted by Gasteiger charge is 2.32. The molecule has 370 valence electrons. The topological polar surface area (TPSA) is 236 Å². The number of hydrogen-bond donors (Lipinski definition) is 3. The van der Waals surface area contributed by atoms with Gasteiger partial charge in [-0.15, -0.1) is 26.6 Å². The van der Waals surface area contributed by atoms with E-state index in [0.29, 0.717) is 87.0 Å². The molecule has 0 saturated carbocycles. The fraction of sp³-hybridized carbons (Fsp3) is 0.543. The largest absolute Gasteiger partial charge is 0.463 e. The number of nitrogens with two attached hydrogens (primary N) is 1. The van der Waals surface area contributed by atoms with E-state index >= 15 is 0 Å². The number of hydrogen-bond acceptors (Lipinski definition) is 17. The van der Waals surface area contributed by atoms with E-state index in [1.165, 1.54) is 9.44 Å². The molecule has 0 spiro atoms. The zero-order valence-corrected chi connectivity index (χ0v) is 41.4. The Bertz CT molecular complexity index is 2740. The zero-order valence-electron chi connectivity index (χ0n) is 39.8. The third-order valence-corrected chi connectivity index (χ3v) is 13.6. The van der Waals surface area contributed by atoms with E-state index in [9.17, 15) is 9.59 Å². The Morgan fingerprint density at radius 1 is 0.899 bits per heavy atom. The minimum Gasteiger partial charge on any atom is -0.463 e. The van der Waals surface area contributed by atoms with Crippen molar-refractivity contribution in [3.8, 4) is 11.0 Å². The molecule has 7 heterocycles. The van der Waals surface area contributed by atoms with E-state index in [0.717, 1.165) is 91.8 Å². The van der Waals surface area contributed by atoms with Gasteiger partial charge in [-0.1, -0.05) is 42.3 Å². The van der Waals surface area contributed by atoms with E-state index in [1.54, 1.807) is 22.2 Å². The molecule has 1 fully saturated rings. The first kappa shape index (κ1) is 49.8. The number of nitrogens with one attached hydrogen (secondary N) is 2. The quantitative estimate of drug-likeness (QED) is 0.0691. The maximum atomic E-state index is 13.4. The Balaban J connectivity index is 0.661. The second-order valence-corrected chi connectivity index (χ2v) is 18.8. The van der Waals surface area contributed by atoms with Crippen LogP contribution >= 0.6 is 22.9 Å². The lowest BCUT2D eigenvalue weighted by molar-refractivity contribution is -0.121. The average molecular weight is 989 g/mol. The van der Waals surface area contributed by atoms with Crippen molar-refractivity contribution >= 4 is 51.5 Å². The van der Waals surface area contributed by atoms with Crippen LogP contribution in [-0.2, 0) is 32.1 Å². The number of aromatic amines is 1. The van der Waals surface area contributed by atoms with Crippen molar-refractivity contribution in [1.29, 1.82) is 0 Å². The van der Waals surface area contributed by atoms with Crippen molar-refractivity contribution in [2.45, 2.75) is 72.5 Å². The number of ether oxygens (including phenoxy) is 4. The molecule has 1 aromatic carbocycles. The van der Waals surface area contributed by atoms with Gasteiger partial charge in [-0.05, 0) is 57.9 Å². The summed E-state index contributed by atoms with van der Waals surface area (Å²) < 4.78 is 28.1. The Labute approximate surface area is 409 Å². The number of thiophene rings is 1. The third kappa shape index (κ3) is 12.6. The number of aliphatic imine (C=N–C) groups is 1. The molecular weight excluding hydrogens is 926 g/mol. The van der Waals surface area contributed by atoms with E-state index in [4.69, 9.17) is 41.3 Å². The number of fused-ring (bicyclic) bond motifs is 4. The number of benzene rings is 1. The van der Waals surface area contributed by atoms with Gasteiger partial charge >= 0.3 is 11.7 Å². The van der Waals surface area contributed by atoms with E-state index in [2.05, 4.69) is 75.9 Å². The lowest BCUT2D eigenvalue weighted by atomic mass is 9.99. The minimum atomic E-state index is -0.495. The number of carbonyl (C=O) groups is 1. The molecule has 1 saturated heterocycles. The molecule has 8 rings (SSSR count). The van der Waals surface area contributed by atoms with Gasteiger partial charge in [-0.25, -0.2) is 9.48 Å². The summed E-state index contributed by atoms with van der Waals surface area (Å²) in [6.07, 6.45) is 4.62. The van der Waals surface area contributed by atoms with Crippen LogP contribution in [0.4, 0.5) is 5.82 Å². The number of nitrogens with zero attached hydrogens (tertiary/aromatic N) is 12. The van der Waals surface area contributed by atoms with Crippen molar-refractivity contribution in [2.24, 2.45) is 4.99 Å². The predicted molar refractivity (Wildman–Crippen MR) is 263 cm³/mol. The average Bonchev–Trinajstić information content (AvgIpc) is 4.09. The van der Waals surface area contributed by atoms with Crippen molar-refractivity contribution in [3.05, 3.63) is 84.9 Å². The van der Waals surface area contributed by atoms with Gasteiger partial charge in [0.25, 0.3) is 0 Å². The molecule has 0 radical (unpaired) electrons. The fourth-order valence-electron chi connectivity index (χ4n) is 8.27. The molecule has 1 amide bonds. The van der Waals surface area contributed by atoms with Crippen LogP contribution in [-0.4, -0.2) is 163 Å². The Hall–Kier alpha value is -5.62. The van der Waals surface area contributed by atoms with Crippen molar-refractivity contribution < 1.29 is 23.7 Å². The number of carbonyl (C=O) groups excluding carboxylic acids is 1. The van der Waals surface area contributed by atoms with Gasteiger partial charge in [0.05, 0.1) is 77.7 Å². The summed E-state index contributed by atoms with van der Waals surface area (Å²) in [5.41, 5.74) is 11.0. The number of aromatic nitrogens is 10. The second kappa shape index (κ2) is 23.8. The monoisotopic (exact) mass is 987 g/mol. The van der Waals surface area contributed by atoms with E-state index in [-0.39, 0.29) is 36.4 Å². The highest BCUT2D eigenvalue weighted by molar-refractivity contribution is 7.15. The highest BCUT2D eigenvalue weighted by Crippen LogP contribution is 2.39. The second-order valence-electron chi connectivity index (χ2n) is 17.1. The SMILES string of the molecule is CCCCOc1nc(N)c2[nH]c(=O)n(Cc3cn(CCOCCOCCOCCN4CCN(CCCNC(=O)CC5N=C(c6ccc(Cl)cc6)c6c(sc(C)c6C)-n6c(C)nnc65)CC4)nn3)c2n1. The van der Waals surface area contributed by atoms with Gasteiger partial charge in [-0.3, -0.25) is 23.8 Å². The van der Waals surface area contributed by atoms with Gasteiger partial charge in [0.1, 0.15) is 28.1 Å². The molecule has 1 atom stereocenters. The smallest absolute Gasteiger partial charge is 0.328 e. The number of unbranched alkanes of at least 4 members (excludes halogenated alkanes) is 1. The van der Waals surface area contributed by atoms with Crippen LogP contribution in [0.25, 0.3) is 16.2 Å². The first-order valence-corrected chi connectivity index (χ1v) is 24.8. The predicted octanol–water partition coefficient (Wildman–Crippen LogP) is 3.90. The summed E-state index contributed by atoms with van der Waals surface area (Å²) in [6, 6.07) is 7.34. The number of anilines is 1. The lowest BCUT2D eigenvalue weighted by Gasteiger charge is -2.34. The number of rotatable bonds is 25. The Kier molecular flexibility index (Phi) is 17.2. The van der Waals surface area contributed by atoms with Crippen LogP contribution in [0.2, 0.25) is 5.02 Å². The third-order valence-electron chi connectivity index (χ3n) is 12.2. The maximum absolute atomic E-state index is 13.4. The molecule has 2 aliphatic rings. The van der Waals surface area contributed by atoms with Gasteiger partial charge in [0.15, 0.2) is 17.3 Å². The number of aryl methyl sites for hydroxylation is 2. The highest BCUT2D eigenvalue weighted by atomic mass is 35.5. The van der Waals surface area contributed by atoms with Crippen LogP contribution in [0.3, 0.4) is 0 Å². The van der Waals surface area contributed by atoms with Crippen molar-refractivity contribution in [1.82, 2.24) is 64.4 Å². The lowest BCUT2D eigenvalue weighted by Crippen LogP contribution is -2.47. The Morgan fingerprint density at radius 2 is 1.61 bits per heavy atom. The molecule has 0 bridgehead atoms.